The van der Waals surface area contributed by atoms with Crippen LogP contribution in [-0.4, -0.2) is 55.2 Å². The Balaban J connectivity index is 1.75. The van der Waals surface area contributed by atoms with E-state index in [-0.39, 0.29) is 25.2 Å². The number of ether oxygens (including phenoxy) is 3. The monoisotopic (exact) mass is 432 g/mol. The molecule has 30 heavy (non-hydrogen) atoms. The highest BCUT2D eigenvalue weighted by molar-refractivity contribution is 7.10. The Morgan fingerprint density at radius 2 is 1.93 bits per heavy atom. The van der Waals surface area contributed by atoms with E-state index in [1.165, 1.54) is 6.92 Å². The van der Waals surface area contributed by atoms with Gasteiger partial charge in [-0.2, -0.15) is 0 Å². The predicted molar refractivity (Wildman–Crippen MR) is 115 cm³/mol. The number of nitrogens with zero attached hydrogens (tertiary/aromatic N) is 2. The Morgan fingerprint density at radius 3 is 2.63 bits per heavy atom. The lowest BCUT2D eigenvalue weighted by atomic mass is 10.1. The zero-order valence-electron chi connectivity index (χ0n) is 17.7. The van der Waals surface area contributed by atoms with Crippen LogP contribution in [0.3, 0.4) is 0 Å². The zero-order valence-corrected chi connectivity index (χ0v) is 18.5. The first-order chi connectivity index (χ1) is 14.5. The molecule has 0 saturated heterocycles. The van der Waals surface area contributed by atoms with Crippen molar-refractivity contribution in [2.75, 3.05) is 33.6 Å². The molecule has 0 unspecified atom stereocenters. The maximum Gasteiger partial charge on any atom is 0.242 e. The first kappa shape index (κ1) is 22.1. The van der Waals surface area contributed by atoms with E-state index in [2.05, 4.69) is 6.07 Å². The van der Waals surface area contributed by atoms with E-state index in [1.54, 1.807) is 28.2 Å². The minimum Gasteiger partial charge on any atom is -0.454 e. The quantitative estimate of drug-likeness (QED) is 0.540. The number of fused-ring (bicyclic) bond motifs is 1. The summed E-state index contributed by atoms with van der Waals surface area (Å²) in [4.78, 5) is 29.8. The maximum absolute atomic E-state index is 13.2. The summed E-state index contributed by atoms with van der Waals surface area (Å²) in [6.07, 6.45) is 0.690. The number of carbonyl (C=O) groups is 2. The summed E-state index contributed by atoms with van der Waals surface area (Å²) in [5.74, 6) is 1.20. The maximum atomic E-state index is 13.2. The summed E-state index contributed by atoms with van der Waals surface area (Å²) < 4.78 is 15.9. The number of methoxy groups -OCH3 is 1. The molecule has 0 spiro atoms. The van der Waals surface area contributed by atoms with E-state index >= 15 is 0 Å². The van der Waals surface area contributed by atoms with Crippen molar-refractivity contribution < 1.29 is 23.8 Å². The average molecular weight is 433 g/mol. The Bertz CT molecular complexity index is 882. The molecule has 2 heterocycles. The highest BCUT2D eigenvalue weighted by Crippen LogP contribution is 2.33. The zero-order chi connectivity index (χ0) is 21.5. The van der Waals surface area contributed by atoms with Crippen molar-refractivity contribution in [3.63, 3.8) is 0 Å². The molecule has 1 aromatic heterocycles. The van der Waals surface area contributed by atoms with Crippen LogP contribution < -0.4 is 9.47 Å². The third-order valence-electron chi connectivity index (χ3n) is 5.01. The number of benzene rings is 1. The van der Waals surface area contributed by atoms with Gasteiger partial charge in [0.1, 0.15) is 0 Å². The summed E-state index contributed by atoms with van der Waals surface area (Å²) >= 11 is 1.63. The third kappa shape index (κ3) is 5.73. The van der Waals surface area contributed by atoms with Crippen LogP contribution in [0.15, 0.2) is 29.6 Å². The van der Waals surface area contributed by atoms with Gasteiger partial charge in [-0.15, -0.1) is 11.3 Å². The number of aryl methyl sites for hydroxylation is 1. The summed E-state index contributed by atoms with van der Waals surface area (Å²) in [5, 5.41) is 2.03. The molecule has 1 aromatic carbocycles. The van der Waals surface area contributed by atoms with Crippen molar-refractivity contribution in [3.8, 4) is 11.5 Å². The Labute approximate surface area is 181 Å². The van der Waals surface area contributed by atoms with Gasteiger partial charge in [-0.3, -0.25) is 9.59 Å². The van der Waals surface area contributed by atoms with E-state index in [1.807, 2.05) is 30.5 Å². The summed E-state index contributed by atoms with van der Waals surface area (Å²) in [7, 11) is 1.62. The van der Waals surface area contributed by atoms with Gasteiger partial charge in [0.25, 0.3) is 0 Å². The van der Waals surface area contributed by atoms with Crippen LogP contribution in [0.5, 0.6) is 11.5 Å². The van der Waals surface area contributed by atoms with Crippen LogP contribution in [-0.2, 0) is 27.4 Å². The molecule has 162 valence electrons. The molecular weight excluding hydrogens is 404 g/mol. The lowest BCUT2D eigenvalue weighted by Gasteiger charge is -2.27. The van der Waals surface area contributed by atoms with Crippen molar-refractivity contribution in [2.24, 2.45) is 0 Å². The van der Waals surface area contributed by atoms with E-state index in [0.29, 0.717) is 44.2 Å². The minimum atomic E-state index is -0.116. The van der Waals surface area contributed by atoms with E-state index in [0.717, 1.165) is 16.0 Å². The molecule has 1 aliphatic heterocycles. The number of thiophene rings is 1. The number of rotatable bonds is 10. The van der Waals surface area contributed by atoms with Gasteiger partial charge in [0.05, 0.1) is 13.1 Å². The topological polar surface area (TPSA) is 68.3 Å². The van der Waals surface area contributed by atoms with Crippen molar-refractivity contribution in [1.29, 1.82) is 0 Å². The summed E-state index contributed by atoms with van der Waals surface area (Å²) in [6.45, 7) is 5.77. The first-order valence-corrected chi connectivity index (χ1v) is 10.8. The predicted octanol–water partition coefficient (Wildman–Crippen LogP) is 3.20. The van der Waals surface area contributed by atoms with Gasteiger partial charge in [0.2, 0.25) is 18.6 Å². The molecule has 3 rings (SSSR count). The number of hydrogen-bond donors (Lipinski definition) is 0. The number of amides is 2. The highest BCUT2D eigenvalue weighted by Gasteiger charge is 2.22. The molecular formula is C22H28N2O5S. The Morgan fingerprint density at radius 1 is 1.13 bits per heavy atom. The Kier molecular flexibility index (Phi) is 7.70. The molecule has 8 heteroatoms. The molecule has 0 bridgehead atoms. The van der Waals surface area contributed by atoms with Gasteiger partial charge in [0, 0.05) is 38.6 Å². The molecule has 0 saturated carbocycles. The fraction of sp³-hybridized carbons (Fsp3) is 0.455. The second-order valence-corrected chi connectivity index (χ2v) is 8.25. The van der Waals surface area contributed by atoms with Gasteiger partial charge in [-0.05, 0) is 48.1 Å². The van der Waals surface area contributed by atoms with Gasteiger partial charge < -0.3 is 24.0 Å². The van der Waals surface area contributed by atoms with Gasteiger partial charge in [-0.25, -0.2) is 0 Å². The standard InChI is InChI=1S/C22H28N2O5S/c1-16-7-10-30-21(16)13-24(12-18-5-6-19-20(11-18)29-15-28-19)22(26)14-23(17(2)25)8-4-9-27-3/h5-7,10-11H,4,8-9,12-15H2,1-3H3. The average Bonchev–Trinajstić information content (AvgIpc) is 3.35. The largest absolute Gasteiger partial charge is 0.454 e. The second-order valence-electron chi connectivity index (χ2n) is 7.25. The van der Waals surface area contributed by atoms with Crippen molar-refractivity contribution in [1.82, 2.24) is 9.80 Å². The molecule has 0 atom stereocenters. The van der Waals surface area contributed by atoms with Crippen LogP contribution in [0.2, 0.25) is 0 Å². The normalized spacial score (nSPS) is 12.1. The van der Waals surface area contributed by atoms with Crippen LogP contribution in [0.25, 0.3) is 0 Å². The van der Waals surface area contributed by atoms with Gasteiger partial charge in [0.15, 0.2) is 11.5 Å². The van der Waals surface area contributed by atoms with Gasteiger partial charge >= 0.3 is 0 Å². The molecule has 2 amide bonds. The number of carbonyl (C=O) groups excluding carboxylic acids is 2. The van der Waals surface area contributed by atoms with Gasteiger partial charge in [-0.1, -0.05) is 6.07 Å². The van der Waals surface area contributed by atoms with Crippen LogP contribution >= 0.6 is 11.3 Å². The summed E-state index contributed by atoms with van der Waals surface area (Å²) in [6, 6.07) is 7.76. The van der Waals surface area contributed by atoms with Crippen LogP contribution in [0, 0.1) is 6.92 Å². The molecule has 7 nitrogen and oxygen atoms in total. The molecule has 0 fully saturated rings. The molecule has 0 aliphatic carbocycles. The van der Waals surface area contributed by atoms with E-state index in [9.17, 15) is 9.59 Å². The lowest BCUT2D eigenvalue weighted by Crippen LogP contribution is -2.42. The highest BCUT2D eigenvalue weighted by atomic mass is 32.1. The third-order valence-corrected chi connectivity index (χ3v) is 6.02. The fourth-order valence-corrected chi connectivity index (χ4v) is 4.16. The van der Waals surface area contributed by atoms with Crippen molar-refractivity contribution in [3.05, 3.63) is 45.6 Å². The minimum absolute atomic E-state index is 0.0496. The van der Waals surface area contributed by atoms with Crippen molar-refractivity contribution in [2.45, 2.75) is 33.4 Å². The molecule has 0 radical (unpaired) electrons. The van der Waals surface area contributed by atoms with Crippen LogP contribution in [0.1, 0.15) is 29.3 Å². The summed E-state index contributed by atoms with van der Waals surface area (Å²) in [5.41, 5.74) is 2.11. The SMILES string of the molecule is COCCCN(CC(=O)N(Cc1ccc2c(c1)OCO2)Cc1sccc1C)C(C)=O. The van der Waals surface area contributed by atoms with E-state index in [4.69, 9.17) is 14.2 Å². The Hall–Kier alpha value is -2.58. The number of hydrogen-bond acceptors (Lipinski definition) is 6. The second kappa shape index (κ2) is 10.4. The smallest absolute Gasteiger partial charge is 0.242 e. The molecule has 0 N–H and O–H groups in total. The molecule has 1 aliphatic rings. The van der Waals surface area contributed by atoms with Crippen LogP contribution in [0.4, 0.5) is 0 Å². The first-order valence-electron chi connectivity index (χ1n) is 9.91. The fourth-order valence-electron chi connectivity index (χ4n) is 3.24. The lowest BCUT2D eigenvalue weighted by molar-refractivity contribution is -0.140. The molecule has 2 aromatic rings. The van der Waals surface area contributed by atoms with Crippen molar-refractivity contribution >= 4 is 23.2 Å². The van der Waals surface area contributed by atoms with E-state index < -0.39 is 0 Å².